The molecule has 1 N–H and O–H groups in total. The summed E-state index contributed by atoms with van der Waals surface area (Å²) < 4.78 is 0. The van der Waals surface area contributed by atoms with E-state index in [2.05, 4.69) is 184 Å². The van der Waals surface area contributed by atoms with Crippen LogP contribution in [-0.4, -0.2) is 0 Å². The van der Waals surface area contributed by atoms with Crippen molar-refractivity contribution in [2.24, 2.45) is 34.0 Å². The number of hydrogen-bond acceptors (Lipinski definition) is 2. The zero-order chi connectivity index (χ0) is 36.2. The summed E-state index contributed by atoms with van der Waals surface area (Å²) in [7, 11) is 0. The van der Waals surface area contributed by atoms with Gasteiger partial charge < -0.3 is 10.2 Å². The third kappa shape index (κ3) is 7.28. The molecule has 1 saturated carbocycles. The number of benzene rings is 3. The molecule has 0 spiro atoms. The van der Waals surface area contributed by atoms with Crippen molar-refractivity contribution in [3.8, 4) is 0 Å². The lowest BCUT2D eigenvalue weighted by atomic mass is 9.51. The van der Waals surface area contributed by atoms with Crippen LogP contribution >= 0.6 is 0 Å². The molecule has 0 radical (unpaired) electrons. The van der Waals surface area contributed by atoms with E-state index in [0.29, 0.717) is 28.6 Å². The smallest absolute Gasteiger partial charge is 0.0478 e. The third-order valence-electron chi connectivity index (χ3n) is 12.6. The number of nitrogens with one attached hydrogen (secondary N) is 1. The molecular weight excluding hydrogens is 605 g/mol. The SMILES string of the molecule is Cc1cc(Nc2ccc(C(C)(C)C)cc2)cc(N(C2=CCC3C(C2)C(C)(C)CCC3(C)C)C2=CC=C(C(C)(C)C)C(C)C2c2ccccc2)c1. The molecule has 4 atom stereocenters. The van der Waals surface area contributed by atoms with Crippen molar-refractivity contribution in [3.05, 3.63) is 125 Å². The Labute approximate surface area is 305 Å². The first-order chi connectivity index (χ1) is 23.3. The van der Waals surface area contributed by atoms with E-state index in [1.54, 1.807) is 0 Å². The number of fused-ring (bicyclic) bond motifs is 1. The van der Waals surface area contributed by atoms with Crippen LogP contribution in [0.3, 0.4) is 0 Å². The zero-order valence-electron chi connectivity index (χ0n) is 33.2. The van der Waals surface area contributed by atoms with Crippen molar-refractivity contribution in [1.29, 1.82) is 0 Å². The lowest BCUT2D eigenvalue weighted by Gasteiger charge is -2.55. The Morgan fingerprint density at radius 3 is 1.98 bits per heavy atom. The highest BCUT2D eigenvalue weighted by molar-refractivity contribution is 5.71. The highest BCUT2D eigenvalue weighted by Crippen LogP contribution is 2.59. The van der Waals surface area contributed by atoms with Gasteiger partial charge >= 0.3 is 0 Å². The minimum atomic E-state index is 0.0945. The Balaban J connectivity index is 1.50. The summed E-state index contributed by atoms with van der Waals surface area (Å²) in [5.41, 5.74) is 12.8. The van der Waals surface area contributed by atoms with E-state index in [4.69, 9.17) is 0 Å². The Morgan fingerprint density at radius 1 is 0.720 bits per heavy atom. The minimum absolute atomic E-state index is 0.0945. The highest BCUT2D eigenvalue weighted by Gasteiger charge is 2.49. The van der Waals surface area contributed by atoms with Gasteiger partial charge in [0.2, 0.25) is 0 Å². The molecular formula is C48H64N2. The van der Waals surface area contributed by atoms with Gasteiger partial charge in [-0.15, -0.1) is 0 Å². The van der Waals surface area contributed by atoms with Crippen LogP contribution in [0.2, 0.25) is 0 Å². The van der Waals surface area contributed by atoms with E-state index in [1.807, 2.05) is 0 Å². The van der Waals surface area contributed by atoms with Crippen molar-refractivity contribution in [2.45, 2.75) is 120 Å². The number of anilines is 3. The molecule has 0 aliphatic heterocycles. The summed E-state index contributed by atoms with van der Waals surface area (Å²) in [6.07, 6.45) is 12.4. The first-order valence-electron chi connectivity index (χ1n) is 19.3. The molecule has 2 nitrogen and oxygen atoms in total. The van der Waals surface area contributed by atoms with Crippen LogP contribution in [0.15, 0.2) is 108 Å². The Morgan fingerprint density at radius 2 is 1.36 bits per heavy atom. The molecule has 266 valence electrons. The topological polar surface area (TPSA) is 15.3 Å². The van der Waals surface area contributed by atoms with Gasteiger partial charge in [-0.1, -0.05) is 136 Å². The summed E-state index contributed by atoms with van der Waals surface area (Å²) in [6.45, 7) is 28.8. The number of aryl methyl sites for hydroxylation is 1. The summed E-state index contributed by atoms with van der Waals surface area (Å²) in [5, 5.41) is 3.79. The normalized spacial score (nSPS) is 24.8. The second kappa shape index (κ2) is 13.2. The van der Waals surface area contributed by atoms with Crippen molar-refractivity contribution >= 4 is 17.1 Å². The first kappa shape index (κ1) is 36.3. The standard InChI is InChI=1S/C48H64N2/c1-32-28-37(49-36-20-18-35(19-21-36)45(3,4)5)30-39(29-32)50(38-22-23-41-42(31-38)48(11,12)27-26-47(41,9)10)43-25-24-40(46(6,7)8)33(2)44(43)34-16-14-13-15-17-34/h13-22,24-25,28-30,33,41-42,44,49H,23,26-27,31H2,1-12H3. The molecule has 0 aromatic heterocycles. The average Bonchev–Trinajstić information content (AvgIpc) is 3.03. The van der Waals surface area contributed by atoms with Crippen LogP contribution in [-0.2, 0) is 5.41 Å². The van der Waals surface area contributed by atoms with E-state index < -0.39 is 0 Å². The fraction of sp³-hybridized carbons (Fsp3) is 0.500. The third-order valence-corrected chi connectivity index (χ3v) is 12.6. The van der Waals surface area contributed by atoms with Crippen LogP contribution in [0.1, 0.15) is 124 Å². The fourth-order valence-corrected chi connectivity index (χ4v) is 9.56. The van der Waals surface area contributed by atoms with Crippen molar-refractivity contribution in [2.75, 3.05) is 10.2 Å². The lowest BCUT2D eigenvalue weighted by Crippen LogP contribution is -2.47. The summed E-state index contributed by atoms with van der Waals surface area (Å²) >= 11 is 0. The Hall–Kier alpha value is -3.52. The van der Waals surface area contributed by atoms with Crippen molar-refractivity contribution < 1.29 is 0 Å². The predicted molar refractivity (Wildman–Crippen MR) is 217 cm³/mol. The first-order valence-corrected chi connectivity index (χ1v) is 19.3. The maximum Gasteiger partial charge on any atom is 0.0478 e. The Bertz CT molecular complexity index is 1770. The second-order valence-electron chi connectivity index (χ2n) is 19.3. The number of hydrogen-bond donors (Lipinski definition) is 1. The van der Waals surface area contributed by atoms with Crippen LogP contribution in [0.4, 0.5) is 17.1 Å². The van der Waals surface area contributed by atoms with Crippen molar-refractivity contribution in [3.63, 3.8) is 0 Å². The molecule has 6 rings (SSSR count). The molecule has 0 saturated heterocycles. The van der Waals surface area contributed by atoms with Crippen molar-refractivity contribution in [1.82, 2.24) is 0 Å². The molecule has 0 heterocycles. The summed E-state index contributed by atoms with van der Waals surface area (Å²) in [4.78, 5) is 2.69. The van der Waals surface area contributed by atoms with Gasteiger partial charge in [0.1, 0.15) is 0 Å². The Kier molecular flexibility index (Phi) is 9.60. The van der Waals surface area contributed by atoms with E-state index in [-0.39, 0.29) is 16.7 Å². The summed E-state index contributed by atoms with van der Waals surface area (Å²) in [5.74, 6) is 1.96. The second-order valence-corrected chi connectivity index (χ2v) is 19.3. The molecule has 3 aromatic rings. The summed E-state index contributed by atoms with van der Waals surface area (Å²) in [6, 6.07) is 27.4. The van der Waals surface area contributed by atoms with Gasteiger partial charge in [0.05, 0.1) is 0 Å². The van der Waals surface area contributed by atoms with Gasteiger partial charge in [0.15, 0.2) is 0 Å². The molecule has 3 aliphatic rings. The van der Waals surface area contributed by atoms with Gasteiger partial charge in [-0.2, -0.15) is 0 Å². The van der Waals surface area contributed by atoms with Crippen LogP contribution in [0.25, 0.3) is 0 Å². The van der Waals surface area contributed by atoms with Gasteiger partial charge in [-0.25, -0.2) is 0 Å². The molecule has 0 bridgehead atoms. The average molecular weight is 669 g/mol. The molecule has 2 heteroatoms. The number of allylic oxidation sites excluding steroid dienone is 6. The zero-order valence-corrected chi connectivity index (χ0v) is 33.2. The number of rotatable bonds is 6. The molecule has 0 amide bonds. The molecule has 50 heavy (non-hydrogen) atoms. The molecule has 4 unspecified atom stereocenters. The largest absolute Gasteiger partial charge is 0.355 e. The van der Waals surface area contributed by atoms with Crippen LogP contribution < -0.4 is 10.2 Å². The van der Waals surface area contributed by atoms with E-state index >= 15 is 0 Å². The maximum atomic E-state index is 3.79. The lowest BCUT2D eigenvalue weighted by molar-refractivity contribution is -0.0224. The van der Waals surface area contributed by atoms with Gasteiger partial charge in [-0.05, 0) is 125 Å². The minimum Gasteiger partial charge on any atom is -0.355 e. The quantitative estimate of drug-likeness (QED) is 0.281. The van der Waals surface area contributed by atoms with Gasteiger partial charge in [0, 0.05) is 34.4 Å². The maximum absolute atomic E-state index is 3.79. The predicted octanol–water partition coefficient (Wildman–Crippen LogP) is 13.9. The van der Waals surface area contributed by atoms with E-state index in [9.17, 15) is 0 Å². The fourth-order valence-electron chi connectivity index (χ4n) is 9.56. The highest BCUT2D eigenvalue weighted by atomic mass is 15.2. The monoisotopic (exact) mass is 669 g/mol. The molecule has 1 fully saturated rings. The van der Waals surface area contributed by atoms with Crippen LogP contribution in [0.5, 0.6) is 0 Å². The molecule has 3 aliphatic carbocycles. The molecule has 3 aromatic carbocycles. The van der Waals surface area contributed by atoms with Gasteiger partial charge in [-0.3, -0.25) is 0 Å². The van der Waals surface area contributed by atoms with Gasteiger partial charge in [0.25, 0.3) is 0 Å². The van der Waals surface area contributed by atoms with Crippen LogP contribution in [0, 0.1) is 40.9 Å². The number of nitrogens with zero attached hydrogens (tertiary/aromatic N) is 1. The van der Waals surface area contributed by atoms with E-state index in [1.165, 1.54) is 52.2 Å². The van der Waals surface area contributed by atoms with E-state index in [0.717, 1.165) is 24.2 Å².